The quantitative estimate of drug-likeness (QED) is 0.797. The molecule has 1 aromatic carbocycles. The van der Waals surface area contributed by atoms with E-state index in [2.05, 4.69) is 4.98 Å². The first-order valence-electron chi connectivity index (χ1n) is 4.09. The molecule has 1 aromatic heterocycles. The molecule has 6 heteroatoms. The first-order chi connectivity index (χ1) is 7.02. The normalized spacial score (nSPS) is 12.3. The molecule has 1 heterocycles. The largest absolute Gasteiger partial charge is 0.438 e. The van der Waals surface area contributed by atoms with Gasteiger partial charge in [-0.25, -0.2) is 4.98 Å². The average molecular weight is 217 g/mol. The molecule has 3 nitrogen and oxygen atoms in total. The highest BCUT2D eigenvalue weighted by atomic mass is 19.4. The summed E-state index contributed by atoms with van der Waals surface area (Å²) in [6.45, 7) is -0.522. The van der Waals surface area contributed by atoms with Crippen LogP contribution in [0.15, 0.2) is 22.6 Å². The Kier molecular flexibility index (Phi) is 2.15. The smallest absolute Gasteiger partial charge is 0.420 e. The van der Waals surface area contributed by atoms with Crippen LogP contribution in [-0.2, 0) is 12.8 Å². The molecule has 0 atom stereocenters. The fourth-order valence-electron chi connectivity index (χ4n) is 1.29. The molecular formula is C9H6F3NO2. The second kappa shape index (κ2) is 3.23. The van der Waals surface area contributed by atoms with E-state index in [4.69, 9.17) is 9.52 Å². The minimum absolute atomic E-state index is 0.0916. The number of rotatable bonds is 1. The fourth-order valence-corrected chi connectivity index (χ4v) is 1.29. The maximum absolute atomic E-state index is 12.5. The number of aliphatic hydroxyl groups is 1. The molecule has 2 rings (SSSR count). The van der Waals surface area contributed by atoms with Crippen LogP contribution in [0, 0.1) is 0 Å². The zero-order valence-electron chi connectivity index (χ0n) is 7.38. The van der Waals surface area contributed by atoms with Gasteiger partial charge in [-0.2, -0.15) is 13.2 Å². The summed E-state index contributed by atoms with van der Waals surface area (Å²) in [6.07, 6.45) is -4.48. The Morgan fingerprint density at radius 3 is 2.67 bits per heavy atom. The lowest BCUT2D eigenvalue weighted by Gasteiger charge is -2.05. The summed E-state index contributed by atoms with van der Waals surface area (Å²) in [6, 6.07) is 3.55. The van der Waals surface area contributed by atoms with Crippen LogP contribution in [0.4, 0.5) is 13.2 Å². The van der Waals surface area contributed by atoms with Crippen molar-refractivity contribution in [3.8, 4) is 0 Å². The third-order valence-corrected chi connectivity index (χ3v) is 1.90. The van der Waals surface area contributed by atoms with Gasteiger partial charge in [-0.3, -0.25) is 0 Å². The Bertz CT molecular complexity index is 490. The Balaban J connectivity index is 2.70. The molecule has 2 aromatic rings. The van der Waals surface area contributed by atoms with E-state index in [1.54, 1.807) is 0 Å². The number of fused-ring (bicyclic) bond motifs is 1. The molecule has 0 saturated heterocycles. The SMILES string of the molecule is OCc1nc2cccc(C(F)(F)F)c2o1. The van der Waals surface area contributed by atoms with Crippen molar-refractivity contribution in [3.05, 3.63) is 29.7 Å². The third kappa shape index (κ3) is 1.68. The van der Waals surface area contributed by atoms with Crippen LogP contribution >= 0.6 is 0 Å². The molecule has 0 amide bonds. The van der Waals surface area contributed by atoms with Crippen LogP contribution in [-0.4, -0.2) is 10.1 Å². The van der Waals surface area contributed by atoms with E-state index >= 15 is 0 Å². The Morgan fingerprint density at radius 1 is 1.33 bits per heavy atom. The van der Waals surface area contributed by atoms with Crippen molar-refractivity contribution >= 4 is 11.1 Å². The van der Waals surface area contributed by atoms with Gasteiger partial charge >= 0.3 is 6.18 Å². The number of aromatic nitrogens is 1. The van der Waals surface area contributed by atoms with Gasteiger partial charge in [-0.15, -0.1) is 0 Å². The van der Waals surface area contributed by atoms with E-state index in [0.717, 1.165) is 6.07 Å². The highest BCUT2D eigenvalue weighted by Gasteiger charge is 2.34. The van der Waals surface area contributed by atoms with Gasteiger partial charge in [0.05, 0.1) is 0 Å². The lowest BCUT2D eigenvalue weighted by atomic mass is 10.2. The van der Waals surface area contributed by atoms with Crippen molar-refractivity contribution in [2.24, 2.45) is 0 Å². The minimum atomic E-state index is -4.48. The van der Waals surface area contributed by atoms with Gasteiger partial charge in [-0.05, 0) is 12.1 Å². The maximum Gasteiger partial charge on any atom is 0.420 e. The van der Waals surface area contributed by atoms with Crippen molar-refractivity contribution in [1.29, 1.82) is 0 Å². The number of aliphatic hydroxyl groups excluding tert-OH is 1. The highest BCUT2D eigenvalue weighted by molar-refractivity contribution is 5.76. The summed E-state index contributed by atoms with van der Waals surface area (Å²) in [4.78, 5) is 3.69. The first-order valence-corrected chi connectivity index (χ1v) is 4.09. The molecule has 80 valence electrons. The summed E-state index contributed by atoms with van der Waals surface area (Å²) in [5.74, 6) is -0.123. The second-order valence-electron chi connectivity index (χ2n) is 2.92. The number of oxazole rings is 1. The van der Waals surface area contributed by atoms with Crippen molar-refractivity contribution in [1.82, 2.24) is 4.98 Å². The number of para-hydroxylation sites is 1. The Labute approximate surface area is 82.1 Å². The molecule has 0 fully saturated rings. The van der Waals surface area contributed by atoms with Crippen LogP contribution in [0.1, 0.15) is 11.5 Å². The van der Waals surface area contributed by atoms with Crippen LogP contribution in [0.5, 0.6) is 0 Å². The van der Waals surface area contributed by atoms with Gasteiger partial charge in [-0.1, -0.05) is 6.07 Å². The molecule has 0 aliphatic rings. The van der Waals surface area contributed by atoms with Crippen molar-refractivity contribution in [2.45, 2.75) is 12.8 Å². The maximum atomic E-state index is 12.5. The third-order valence-electron chi connectivity index (χ3n) is 1.90. The van der Waals surface area contributed by atoms with Crippen molar-refractivity contribution < 1.29 is 22.7 Å². The predicted octanol–water partition coefficient (Wildman–Crippen LogP) is 2.34. The van der Waals surface area contributed by atoms with Gasteiger partial charge in [0.25, 0.3) is 0 Å². The Hall–Kier alpha value is -1.56. The van der Waals surface area contributed by atoms with E-state index in [0.29, 0.717) is 0 Å². The van der Waals surface area contributed by atoms with E-state index in [1.807, 2.05) is 0 Å². The lowest BCUT2D eigenvalue weighted by Crippen LogP contribution is -2.04. The van der Waals surface area contributed by atoms with Crippen molar-refractivity contribution in [3.63, 3.8) is 0 Å². The summed E-state index contributed by atoms with van der Waals surface area (Å²) in [5, 5.41) is 8.69. The topological polar surface area (TPSA) is 46.3 Å². The zero-order chi connectivity index (χ0) is 11.1. The number of hydrogen-bond donors (Lipinski definition) is 1. The highest BCUT2D eigenvalue weighted by Crippen LogP contribution is 2.34. The second-order valence-corrected chi connectivity index (χ2v) is 2.92. The van der Waals surface area contributed by atoms with Gasteiger partial charge in [0, 0.05) is 0 Å². The van der Waals surface area contributed by atoms with Gasteiger partial charge in [0.1, 0.15) is 17.7 Å². The van der Waals surface area contributed by atoms with Gasteiger partial charge < -0.3 is 9.52 Å². The molecule has 0 saturated carbocycles. The molecule has 15 heavy (non-hydrogen) atoms. The number of halogens is 3. The molecule has 0 aliphatic carbocycles. The first kappa shape index (κ1) is 9.97. The summed E-state index contributed by atoms with van der Waals surface area (Å²) in [7, 11) is 0. The minimum Gasteiger partial charge on any atom is -0.438 e. The summed E-state index contributed by atoms with van der Waals surface area (Å²) < 4.78 is 42.2. The van der Waals surface area contributed by atoms with Crippen LogP contribution in [0.2, 0.25) is 0 Å². The number of hydrogen-bond acceptors (Lipinski definition) is 3. The van der Waals surface area contributed by atoms with Crippen molar-refractivity contribution in [2.75, 3.05) is 0 Å². The summed E-state index contributed by atoms with van der Waals surface area (Å²) >= 11 is 0. The molecule has 1 N–H and O–H groups in total. The number of alkyl halides is 3. The van der Waals surface area contributed by atoms with Gasteiger partial charge in [0.2, 0.25) is 5.89 Å². The van der Waals surface area contributed by atoms with E-state index < -0.39 is 18.3 Å². The number of benzene rings is 1. The standard InChI is InChI=1S/C9H6F3NO2/c10-9(11,12)5-2-1-3-6-8(5)15-7(4-14)13-6/h1-3,14H,4H2. The molecule has 0 unspecified atom stereocenters. The zero-order valence-corrected chi connectivity index (χ0v) is 7.38. The molecular weight excluding hydrogens is 211 g/mol. The van der Waals surface area contributed by atoms with Crippen LogP contribution < -0.4 is 0 Å². The van der Waals surface area contributed by atoms with Gasteiger partial charge in [0.15, 0.2) is 5.58 Å². The predicted molar refractivity (Wildman–Crippen MR) is 44.9 cm³/mol. The monoisotopic (exact) mass is 217 g/mol. The fraction of sp³-hybridized carbons (Fsp3) is 0.222. The van der Waals surface area contributed by atoms with Crippen LogP contribution in [0.3, 0.4) is 0 Å². The molecule has 0 spiro atoms. The average Bonchev–Trinajstić information content (AvgIpc) is 2.57. The van der Waals surface area contributed by atoms with E-state index in [-0.39, 0.29) is 17.0 Å². The molecule has 0 aliphatic heterocycles. The molecule has 0 radical (unpaired) electrons. The summed E-state index contributed by atoms with van der Waals surface area (Å²) in [5.41, 5.74) is -1.13. The lowest BCUT2D eigenvalue weighted by molar-refractivity contribution is -0.136. The molecule has 0 bridgehead atoms. The number of nitrogens with zero attached hydrogens (tertiary/aromatic N) is 1. The Morgan fingerprint density at radius 2 is 2.07 bits per heavy atom. The van der Waals surface area contributed by atoms with E-state index in [1.165, 1.54) is 12.1 Å². The van der Waals surface area contributed by atoms with E-state index in [9.17, 15) is 13.2 Å². The van der Waals surface area contributed by atoms with Crippen LogP contribution in [0.25, 0.3) is 11.1 Å².